The van der Waals surface area contributed by atoms with Gasteiger partial charge in [0.15, 0.2) is 5.65 Å². The van der Waals surface area contributed by atoms with E-state index in [-0.39, 0.29) is 30.0 Å². The molecule has 0 unspecified atom stereocenters. The predicted molar refractivity (Wildman–Crippen MR) is 127 cm³/mol. The maximum atomic E-state index is 13.2. The van der Waals surface area contributed by atoms with Crippen molar-refractivity contribution >= 4 is 27.4 Å². The zero-order valence-electron chi connectivity index (χ0n) is 18.9. The predicted octanol–water partition coefficient (Wildman–Crippen LogP) is 3.66. The number of rotatable bonds is 5. The first kappa shape index (κ1) is 24.0. The number of hydrogen-bond acceptors (Lipinski definition) is 7. The van der Waals surface area contributed by atoms with Crippen LogP contribution in [0, 0.1) is 0 Å². The van der Waals surface area contributed by atoms with Crippen LogP contribution in [0.4, 0.5) is 24.9 Å². The second-order valence-corrected chi connectivity index (χ2v) is 10.4. The highest BCUT2D eigenvalue weighted by Crippen LogP contribution is 2.30. The van der Waals surface area contributed by atoms with Gasteiger partial charge in [-0.25, -0.2) is 13.4 Å². The molecule has 0 spiro atoms. The maximum absolute atomic E-state index is 13.2. The molecule has 1 fully saturated rings. The van der Waals surface area contributed by atoms with Crippen LogP contribution in [0.25, 0.3) is 16.8 Å². The van der Waals surface area contributed by atoms with Crippen molar-refractivity contribution in [2.45, 2.75) is 30.0 Å². The summed E-state index contributed by atoms with van der Waals surface area (Å²) in [6.07, 6.45) is -0.869. The van der Waals surface area contributed by atoms with E-state index in [1.807, 2.05) is 6.07 Å². The van der Waals surface area contributed by atoms with E-state index in [0.29, 0.717) is 24.3 Å². The first-order valence-corrected chi connectivity index (χ1v) is 12.6. The summed E-state index contributed by atoms with van der Waals surface area (Å²) in [4.78, 5) is 4.01. The minimum absolute atomic E-state index is 0.0944. The monoisotopic (exact) mass is 517 g/mol. The Hall–Kier alpha value is -3.71. The van der Waals surface area contributed by atoms with Crippen molar-refractivity contribution in [3.05, 3.63) is 66.5 Å². The summed E-state index contributed by atoms with van der Waals surface area (Å²) in [5, 5.41) is 10.9. The van der Waals surface area contributed by atoms with Gasteiger partial charge in [-0.15, -0.1) is 10.2 Å². The van der Waals surface area contributed by atoms with Crippen LogP contribution in [0.3, 0.4) is 0 Å². The van der Waals surface area contributed by atoms with Gasteiger partial charge in [-0.05, 0) is 60.4 Å². The maximum Gasteiger partial charge on any atom is 0.417 e. The molecule has 0 bridgehead atoms. The number of pyridine rings is 2. The van der Waals surface area contributed by atoms with Crippen LogP contribution in [-0.2, 0) is 16.2 Å². The molecule has 3 aromatic heterocycles. The number of nitrogen functional groups attached to an aromatic ring is 1. The third-order valence-corrected chi connectivity index (χ3v) is 8.06. The van der Waals surface area contributed by atoms with E-state index in [2.05, 4.69) is 20.5 Å². The lowest BCUT2D eigenvalue weighted by molar-refractivity contribution is -0.137. The Labute approximate surface area is 204 Å². The second kappa shape index (κ2) is 9.06. The number of nitrogens with one attached hydrogen (secondary N) is 1. The van der Waals surface area contributed by atoms with E-state index in [0.717, 1.165) is 23.4 Å². The fraction of sp³-hybridized carbons (Fsp3) is 0.261. The molecular formula is C23H22F3N7O2S. The summed E-state index contributed by atoms with van der Waals surface area (Å²) < 4.78 is 67.5. The largest absolute Gasteiger partial charge is 0.417 e. The number of nitrogens with zero attached hydrogens (tertiary/aromatic N) is 5. The number of aromatic nitrogens is 4. The molecule has 3 N–H and O–H groups in total. The van der Waals surface area contributed by atoms with Crippen LogP contribution in [0.15, 0.2) is 65.8 Å². The third kappa shape index (κ3) is 4.71. The summed E-state index contributed by atoms with van der Waals surface area (Å²) in [5.41, 5.74) is 7.26. The Morgan fingerprint density at radius 1 is 0.944 bits per heavy atom. The SMILES string of the molecule is Nc1nnc2ccc(-c3ccc(S(=O)(=O)N4CCC(Nc5ccc(C(F)(F)F)cn5)CC4)cc3)cn12. The molecule has 1 aliphatic heterocycles. The summed E-state index contributed by atoms with van der Waals surface area (Å²) in [6, 6.07) is 12.4. The van der Waals surface area contributed by atoms with E-state index in [4.69, 9.17) is 5.73 Å². The van der Waals surface area contributed by atoms with Gasteiger partial charge in [-0.2, -0.15) is 17.5 Å². The Balaban J connectivity index is 1.23. The normalized spacial score (nSPS) is 15.9. The molecule has 0 amide bonds. The highest BCUT2D eigenvalue weighted by atomic mass is 32.2. The van der Waals surface area contributed by atoms with Gasteiger partial charge in [-0.1, -0.05) is 12.1 Å². The van der Waals surface area contributed by atoms with E-state index in [1.165, 1.54) is 10.4 Å². The minimum atomic E-state index is -4.44. The summed E-state index contributed by atoms with van der Waals surface area (Å²) in [5.74, 6) is 0.587. The number of fused-ring (bicyclic) bond motifs is 1. The highest BCUT2D eigenvalue weighted by molar-refractivity contribution is 7.89. The molecule has 1 aliphatic rings. The molecule has 0 radical (unpaired) electrons. The number of alkyl halides is 3. The van der Waals surface area contributed by atoms with Gasteiger partial charge in [0.05, 0.1) is 10.5 Å². The second-order valence-electron chi connectivity index (χ2n) is 8.48. The fourth-order valence-corrected chi connectivity index (χ4v) is 5.61. The van der Waals surface area contributed by atoms with Gasteiger partial charge in [0.2, 0.25) is 16.0 Å². The Morgan fingerprint density at radius 3 is 2.28 bits per heavy atom. The number of sulfonamides is 1. The van der Waals surface area contributed by atoms with E-state index in [1.54, 1.807) is 40.9 Å². The summed E-state index contributed by atoms with van der Waals surface area (Å²) in [6.45, 7) is 0.567. The number of hydrogen-bond donors (Lipinski definition) is 2. The van der Waals surface area contributed by atoms with E-state index >= 15 is 0 Å². The van der Waals surface area contributed by atoms with Crippen molar-refractivity contribution in [3.8, 4) is 11.1 Å². The Kier molecular flexibility index (Phi) is 6.04. The molecule has 5 rings (SSSR count). The molecule has 1 aromatic carbocycles. The van der Waals surface area contributed by atoms with Crippen molar-refractivity contribution in [1.29, 1.82) is 0 Å². The van der Waals surface area contributed by atoms with Gasteiger partial charge >= 0.3 is 6.18 Å². The smallest absolute Gasteiger partial charge is 0.368 e. The van der Waals surface area contributed by atoms with Gasteiger partial charge in [-0.3, -0.25) is 4.40 Å². The first-order chi connectivity index (χ1) is 17.1. The number of nitrogens with two attached hydrogens (primary N) is 1. The van der Waals surface area contributed by atoms with Crippen LogP contribution in [0.5, 0.6) is 0 Å². The van der Waals surface area contributed by atoms with Gasteiger partial charge in [0, 0.05) is 31.5 Å². The molecule has 9 nitrogen and oxygen atoms in total. The van der Waals surface area contributed by atoms with Crippen molar-refractivity contribution in [1.82, 2.24) is 23.9 Å². The van der Waals surface area contributed by atoms with Crippen LogP contribution in [0.1, 0.15) is 18.4 Å². The summed E-state index contributed by atoms with van der Waals surface area (Å²) in [7, 11) is -3.69. The average Bonchev–Trinajstić information content (AvgIpc) is 3.24. The first-order valence-electron chi connectivity index (χ1n) is 11.1. The quantitative estimate of drug-likeness (QED) is 0.415. The van der Waals surface area contributed by atoms with Crippen molar-refractivity contribution in [3.63, 3.8) is 0 Å². The molecular weight excluding hydrogens is 495 g/mol. The topological polar surface area (TPSA) is 119 Å². The lowest BCUT2D eigenvalue weighted by Gasteiger charge is -2.32. The van der Waals surface area contributed by atoms with Crippen molar-refractivity contribution in [2.75, 3.05) is 24.1 Å². The molecule has 4 aromatic rings. The zero-order chi connectivity index (χ0) is 25.5. The summed E-state index contributed by atoms with van der Waals surface area (Å²) >= 11 is 0. The number of anilines is 2. The lowest BCUT2D eigenvalue weighted by Crippen LogP contribution is -2.42. The minimum Gasteiger partial charge on any atom is -0.368 e. The van der Waals surface area contributed by atoms with E-state index < -0.39 is 21.8 Å². The molecule has 13 heteroatoms. The van der Waals surface area contributed by atoms with Crippen LogP contribution < -0.4 is 11.1 Å². The van der Waals surface area contributed by atoms with Gasteiger partial charge < -0.3 is 11.1 Å². The highest BCUT2D eigenvalue weighted by Gasteiger charge is 2.32. The van der Waals surface area contributed by atoms with Crippen molar-refractivity contribution in [2.24, 2.45) is 0 Å². The molecule has 36 heavy (non-hydrogen) atoms. The van der Waals surface area contributed by atoms with Crippen LogP contribution >= 0.6 is 0 Å². The number of benzene rings is 1. The average molecular weight is 518 g/mol. The standard InChI is InChI=1S/C23H22F3N7O2S/c24-23(25,26)17-4-7-20(28-13-17)29-18-9-11-32(12-10-18)36(34,35)19-5-1-15(2-6-19)16-3-8-21-30-31-22(27)33(21)14-16/h1-8,13-14,18H,9-12H2,(H2,27,31)(H,28,29). The van der Waals surface area contributed by atoms with Gasteiger partial charge in [0.1, 0.15) is 5.82 Å². The molecule has 1 saturated heterocycles. The third-order valence-electron chi connectivity index (χ3n) is 6.15. The molecule has 0 atom stereocenters. The molecule has 4 heterocycles. The van der Waals surface area contributed by atoms with Crippen LogP contribution in [0.2, 0.25) is 0 Å². The van der Waals surface area contributed by atoms with Crippen molar-refractivity contribution < 1.29 is 21.6 Å². The lowest BCUT2D eigenvalue weighted by atomic mass is 10.1. The fourth-order valence-electron chi connectivity index (χ4n) is 4.14. The Bertz CT molecular complexity index is 1480. The zero-order valence-corrected chi connectivity index (χ0v) is 19.7. The number of halogens is 3. The Morgan fingerprint density at radius 2 is 1.64 bits per heavy atom. The molecule has 0 aliphatic carbocycles. The molecule has 0 saturated carbocycles. The van der Waals surface area contributed by atoms with E-state index in [9.17, 15) is 21.6 Å². The number of piperidine rings is 1. The van der Waals surface area contributed by atoms with Crippen LogP contribution in [-0.4, -0.2) is 51.4 Å². The molecule has 188 valence electrons. The van der Waals surface area contributed by atoms with Gasteiger partial charge in [0.25, 0.3) is 0 Å².